The Bertz CT molecular complexity index is 3980. The van der Waals surface area contributed by atoms with Crippen LogP contribution in [0.1, 0.15) is 0 Å². The minimum atomic E-state index is 0.882. The van der Waals surface area contributed by atoms with Crippen molar-refractivity contribution in [2.75, 3.05) is 4.90 Å². The van der Waals surface area contributed by atoms with Crippen molar-refractivity contribution >= 4 is 60.9 Å². The van der Waals surface area contributed by atoms with E-state index in [0.29, 0.717) is 0 Å². The number of furan rings is 2. The molecule has 11 aromatic carbocycles. The Morgan fingerprint density at radius 3 is 1.39 bits per heavy atom. The maximum Gasteiger partial charge on any atom is 0.143 e. The van der Waals surface area contributed by atoms with E-state index in [-0.39, 0.29) is 0 Å². The first-order valence-electron chi connectivity index (χ1n) is 23.5. The summed E-state index contributed by atoms with van der Waals surface area (Å²) in [5.41, 5.74) is 20.1. The standard InChI is InChI=1S/C66H43NO2/c1-4-16-44(17-5-1)47-30-35-53(36-31-47)67(54-37-32-48(33-38-54)56-24-15-29-64-65(56)60-23-11-13-28-63(60)68-64)61-43-49(45-18-6-2-7-19-45)34-39-55(61)51-40-50(46-20-8-3-9-21-46)41-52(42-51)57-25-14-26-59-58-22-10-12-27-62(58)69-66(57)59/h1-43H. The Balaban J connectivity index is 1.04. The number of hydrogen-bond donors (Lipinski definition) is 0. The van der Waals surface area contributed by atoms with Gasteiger partial charge in [0.25, 0.3) is 0 Å². The van der Waals surface area contributed by atoms with E-state index >= 15 is 0 Å². The quantitative estimate of drug-likeness (QED) is 0.145. The summed E-state index contributed by atoms with van der Waals surface area (Å²) < 4.78 is 13.0. The van der Waals surface area contributed by atoms with Crippen molar-refractivity contribution in [3.63, 3.8) is 0 Å². The summed E-state index contributed by atoms with van der Waals surface area (Å²) in [5.74, 6) is 0. The fraction of sp³-hybridized carbons (Fsp3) is 0. The number of fused-ring (bicyclic) bond motifs is 6. The van der Waals surface area contributed by atoms with Crippen LogP contribution in [0.25, 0.3) is 111 Å². The molecule has 0 unspecified atom stereocenters. The molecule has 13 aromatic rings. The first kappa shape index (κ1) is 40.1. The predicted molar refractivity (Wildman–Crippen MR) is 288 cm³/mol. The molecule has 0 bridgehead atoms. The Kier molecular flexibility index (Phi) is 9.84. The van der Waals surface area contributed by atoms with Gasteiger partial charge in [-0.3, -0.25) is 0 Å². The van der Waals surface area contributed by atoms with Crippen molar-refractivity contribution in [2.45, 2.75) is 0 Å². The lowest BCUT2D eigenvalue weighted by atomic mass is 9.90. The van der Waals surface area contributed by atoms with E-state index in [1.807, 2.05) is 18.2 Å². The second-order valence-electron chi connectivity index (χ2n) is 17.6. The van der Waals surface area contributed by atoms with Gasteiger partial charge >= 0.3 is 0 Å². The molecule has 0 radical (unpaired) electrons. The Morgan fingerprint density at radius 1 is 0.246 bits per heavy atom. The topological polar surface area (TPSA) is 29.5 Å². The SMILES string of the molecule is c1ccc(-c2ccc(N(c3ccc(-c4cccc5oc6ccccc6c45)cc3)c3cc(-c4ccccc4)ccc3-c3cc(-c4ccccc4)cc(-c4cccc5c4oc4ccccc45)c3)cc2)cc1. The molecule has 0 fully saturated rings. The number of rotatable bonds is 9. The Morgan fingerprint density at radius 2 is 0.710 bits per heavy atom. The van der Waals surface area contributed by atoms with Crippen LogP contribution in [0.3, 0.4) is 0 Å². The zero-order chi connectivity index (χ0) is 45.7. The maximum absolute atomic E-state index is 6.68. The fourth-order valence-electron chi connectivity index (χ4n) is 10.1. The third-order valence-corrected chi connectivity index (χ3v) is 13.5. The number of hydrogen-bond acceptors (Lipinski definition) is 3. The highest BCUT2D eigenvalue weighted by molar-refractivity contribution is 6.13. The van der Waals surface area contributed by atoms with Gasteiger partial charge in [0.05, 0.1) is 5.69 Å². The smallest absolute Gasteiger partial charge is 0.143 e. The van der Waals surface area contributed by atoms with Crippen LogP contribution < -0.4 is 4.90 Å². The summed E-state index contributed by atoms with van der Waals surface area (Å²) in [7, 11) is 0. The van der Waals surface area contributed by atoms with Crippen LogP contribution in [0.2, 0.25) is 0 Å². The summed E-state index contributed by atoms with van der Waals surface area (Å²) in [6.45, 7) is 0. The molecule has 13 rings (SSSR count). The average molecular weight is 882 g/mol. The first-order chi connectivity index (χ1) is 34.2. The van der Waals surface area contributed by atoms with E-state index in [0.717, 1.165) is 122 Å². The summed E-state index contributed by atoms with van der Waals surface area (Å²) >= 11 is 0. The molecule has 3 nitrogen and oxygen atoms in total. The molecule has 2 aromatic heterocycles. The van der Waals surface area contributed by atoms with E-state index in [4.69, 9.17) is 8.83 Å². The molecule has 0 saturated carbocycles. The number of para-hydroxylation sites is 3. The Hall–Kier alpha value is -9.18. The van der Waals surface area contributed by atoms with E-state index < -0.39 is 0 Å². The lowest BCUT2D eigenvalue weighted by Gasteiger charge is -2.29. The minimum absolute atomic E-state index is 0.882. The van der Waals surface area contributed by atoms with Gasteiger partial charge in [-0.2, -0.15) is 0 Å². The highest BCUT2D eigenvalue weighted by Gasteiger charge is 2.22. The molecule has 69 heavy (non-hydrogen) atoms. The monoisotopic (exact) mass is 881 g/mol. The van der Waals surface area contributed by atoms with E-state index in [2.05, 4.69) is 248 Å². The average Bonchev–Trinajstić information content (AvgIpc) is 4.01. The molecule has 0 aliphatic rings. The van der Waals surface area contributed by atoms with Gasteiger partial charge in [-0.05, 0) is 122 Å². The summed E-state index contributed by atoms with van der Waals surface area (Å²) in [4.78, 5) is 2.42. The molecule has 2 heterocycles. The molecule has 0 N–H and O–H groups in total. The van der Waals surface area contributed by atoms with Gasteiger partial charge < -0.3 is 13.7 Å². The predicted octanol–water partition coefficient (Wildman–Crippen LogP) is 19.0. The van der Waals surface area contributed by atoms with Gasteiger partial charge in [0.2, 0.25) is 0 Å². The summed E-state index contributed by atoms with van der Waals surface area (Å²) in [5, 5.41) is 4.46. The molecule has 0 saturated heterocycles. The van der Waals surface area contributed by atoms with E-state index in [1.165, 1.54) is 5.56 Å². The molecule has 0 aliphatic heterocycles. The van der Waals surface area contributed by atoms with Crippen LogP contribution in [0.5, 0.6) is 0 Å². The van der Waals surface area contributed by atoms with Crippen LogP contribution in [0.15, 0.2) is 270 Å². The van der Waals surface area contributed by atoms with Crippen molar-refractivity contribution in [2.24, 2.45) is 0 Å². The van der Waals surface area contributed by atoms with Crippen molar-refractivity contribution in [3.05, 3.63) is 261 Å². The molecule has 0 spiro atoms. The van der Waals surface area contributed by atoms with Crippen molar-refractivity contribution in [1.82, 2.24) is 0 Å². The van der Waals surface area contributed by atoms with Crippen LogP contribution in [-0.4, -0.2) is 0 Å². The van der Waals surface area contributed by atoms with E-state index in [9.17, 15) is 0 Å². The van der Waals surface area contributed by atoms with Crippen LogP contribution in [-0.2, 0) is 0 Å². The van der Waals surface area contributed by atoms with Gasteiger partial charge in [-0.15, -0.1) is 0 Å². The van der Waals surface area contributed by atoms with Crippen LogP contribution in [0, 0.1) is 0 Å². The van der Waals surface area contributed by atoms with Gasteiger partial charge in [-0.25, -0.2) is 0 Å². The third-order valence-electron chi connectivity index (χ3n) is 13.5. The van der Waals surface area contributed by atoms with E-state index in [1.54, 1.807) is 0 Å². The highest BCUT2D eigenvalue weighted by Crippen LogP contribution is 2.47. The lowest BCUT2D eigenvalue weighted by molar-refractivity contribution is 0.669. The van der Waals surface area contributed by atoms with Crippen LogP contribution >= 0.6 is 0 Å². The zero-order valence-electron chi connectivity index (χ0n) is 37.6. The first-order valence-corrected chi connectivity index (χ1v) is 23.5. The summed E-state index contributed by atoms with van der Waals surface area (Å²) in [6.07, 6.45) is 0. The van der Waals surface area contributed by atoms with Crippen LogP contribution in [0.4, 0.5) is 17.1 Å². The zero-order valence-corrected chi connectivity index (χ0v) is 37.6. The molecular weight excluding hydrogens is 839 g/mol. The van der Waals surface area contributed by atoms with Crippen molar-refractivity contribution in [1.29, 1.82) is 0 Å². The van der Waals surface area contributed by atoms with Gasteiger partial charge in [0.1, 0.15) is 22.3 Å². The number of benzene rings is 11. The van der Waals surface area contributed by atoms with Gasteiger partial charge in [0, 0.05) is 44.0 Å². The highest BCUT2D eigenvalue weighted by atomic mass is 16.3. The molecule has 0 atom stereocenters. The largest absolute Gasteiger partial charge is 0.456 e. The second kappa shape index (κ2) is 16.9. The van der Waals surface area contributed by atoms with Crippen molar-refractivity contribution in [3.8, 4) is 66.8 Å². The van der Waals surface area contributed by atoms with Gasteiger partial charge in [-0.1, -0.05) is 194 Å². The van der Waals surface area contributed by atoms with Gasteiger partial charge in [0.15, 0.2) is 0 Å². The maximum atomic E-state index is 6.68. The third kappa shape index (κ3) is 7.25. The van der Waals surface area contributed by atoms with Crippen molar-refractivity contribution < 1.29 is 8.83 Å². The molecule has 0 aliphatic carbocycles. The summed E-state index contributed by atoms with van der Waals surface area (Å²) in [6, 6.07) is 93.3. The number of nitrogens with zero attached hydrogens (tertiary/aromatic N) is 1. The molecule has 324 valence electrons. The molecular formula is C66H43NO2. The minimum Gasteiger partial charge on any atom is -0.456 e. The fourth-order valence-corrected chi connectivity index (χ4v) is 10.1. The Labute approximate surface area is 400 Å². The lowest BCUT2D eigenvalue weighted by Crippen LogP contribution is -2.11. The number of anilines is 3. The second-order valence-corrected chi connectivity index (χ2v) is 17.6. The normalized spacial score (nSPS) is 11.5. The molecule has 3 heteroatoms. The molecule has 0 amide bonds.